The van der Waals surface area contributed by atoms with Crippen LogP contribution in [0.4, 0.5) is 4.79 Å². The molecule has 0 radical (unpaired) electrons. The van der Waals surface area contributed by atoms with Crippen LogP contribution in [0.2, 0.25) is 0 Å². The van der Waals surface area contributed by atoms with Gasteiger partial charge in [0.25, 0.3) is 0 Å². The number of nitrogens with zero attached hydrogens (tertiary/aromatic N) is 1. The normalized spacial score (nSPS) is 18.3. The lowest BCUT2D eigenvalue weighted by Crippen LogP contribution is -2.51. The lowest BCUT2D eigenvalue weighted by atomic mass is 9.86. The topological polar surface area (TPSA) is 61.4 Å². The number of hydrogen-bond donors (Lipinski definition) is 2. The lowest BCUT2D eigenvalue weighted by molar-refractivity contribution is -0.125. The summed E-state index contributed by atoms with van der Waals surface area (Å²) in [5, 5.41) is 5.87. The van der Waals surface area contributed by atoms with Gasteiger partial charge in [-0.3, -0.25) is 4.79 Å². The van der Waals surface area contributed by atoms with Gasteiger partial charge < -0.3 is 15.5 Å². The van der Waals surface area contributed by atoms with E-state index in [-0.39, 0.29) is 17.4 Å². The van der Waals surface area contributed by atoms with Crippen molar-refractivity contribution in [1.82, 2.24) is 15.5 Å². The third-order valence-electron chi connectivity index (χ3n) is 5.16. The monoisotopic (exact) mass is 397 g/mol. The van der Waals surface area contributed by atoms with Crippen molar-refractivity contribution >= 4 is 11.9 Å². The van der Waals surface area contributed by atoms with Gasteiger partial charge in [0.05, 0.1) is 0 Å². The first-order valence-electron chi connectivity index (χ1n) is 10.5. The zero-order valence-corrected chi connectivity index (χ0v) is 18.4. The predicted molar refractivity (Wildman–Crippen MR) is 118 cm³/mol. The van der Waals surface area contributed by atoms with E-state index in [2.05, 4.69) is 55.7 Å². The Bertz CT molecular complexity index is 757. The van der Waals surface area contributed by atoms with Gasteiger partial charge in [0.15, 0.2) is 0 Å². The summed E-state index contributed by atoms with van der Waals surface area (Å²) in [5.74, 6) is -0.0703. The molecule has 158 valence electrons. The first-order valence-corrected chi connectivity index (χ1v) is 10.5. The van der Waals surface area contributed by atoms with Crippen LogP contribution in [-0.2, 0) is 16.8 Å². The largest absolute Gasteiger partial charge is 0.354 e. The van der Waals surface area contributed by atoms with Gasteiger partial charge in [-0.25, -0.2) is 4.79 Å². The van der Waals surface area contributed by atoms with Gasteiger partial charge in [-0.1, -0.05) is 57.2 Å². The highest BCUT2D eigenvalue weighted by Gasteiger charge is 2.31. The Balaban J connectivity index is 2.26. The van der Waals surface area contributed by atoms with Crippen LogP contribution in [0.25, 0.3) is 0 Å². The fourth-order valence-electron chi connectivity index (χ4n) is 3.37. The minimum absolute atomic E-state index is 0.0703. The SMILES string of the molecule is C/C=C\C=C(/C)NC(=O)N(Cc1ccc(C(C)(C)C)cc1)C1CCCCNC1=O. The van der Waals surface area contributed by atoms with Crippen molar-refractivity contribution < 1.29 is 9.59 Å². The van der Waals surface area contributed by atoms with Crippen LogP contribution < -0.4 is 10.6 Å². The maximum Gasteiger partial charge on any atom is 0.322 e. The number of hydrogen-bond acceptors (Lipinski definition) is 2. The molecule has 0 saturated carbocycles. The standard InChI is InChI=1S/C24H35N3O2/c1-6-7-10-18(2)26-23(29)27(21-11-8-9-16-25-22(21)28)17-19-12-14-20(15-13-19)24(3,4)5/h6-7,10,12-15,21H,8-9,11,16-17H2,1-5H3,(H,25,28)(H,26,29)/b7-6-,18-10+. The number of nitrogens with one attached hydrogen (secondary N) is 2. The van der Waals surface area contributed by atoms with Crippen molar-refractivity contribution in [2.75, 3.05) is 6.54 Å². The molecule has 1 heterocycles. The molecule has 1 unspecified atom stereocenters. The van der Waals surface area contributed by atoms with Crippen molar-refractivity contribution in [2.45, 2.75) is 71.9 Å². The van der Waals surface area contributed by atoms with E-state index in [1.54, 1.807) is 4.90 Å². The molecule has 1 aliphatic heterocycles. The highest BCUT2D eigenvalue weighted by atomic mass is 16.2. The molecule has 5 heteroatoms. The molecule has 1 atom stereocenters. The molecule has 3 amide bonds. The van der Waals surface area contributed by atoms with Gasteiger partial charge in [-0.05, 0) is 55.7 Å². The Morgan fingerprint density at radius 3 is 2.55 bits per heavy atom. The highest BCUT2D eigenvalue weighted by molar-refractivity contribution is 5.87. The fraction of sp³-hybridized carbons (Fsp3) is 0.500. The summed E-state index contributed by atoms with van der Waals surface area (Å²) in [6, 6.07) is 7.61. The second kappa shape index (κ2) is 10.3. The quantitative estimate of drug-likeness (QED) is 0.711. The van der Waals surface area contributed by atoms with E-state index in [1.807, 2.05) is 32.1 Å². The van der Waals surface area contributed by atoms with E-state index in [4.69, 9.17) is 0 Å². The molecule has 0 aliphatic carbocycles. The minimum atomic E-state index is -0.464. The molecule has 2 N–H and O–H groups in total. The van der Waals surface area contributed by atoms with Gasteiger partial charge in [-0.15, -0.1) is 0 Å². The van der Waals surface area contributed by atoms with E-state index >= 15 is 0 Å². The average Bonchev–Trinajstić information content (AvgIpc) is 2.88. The van der Waals surface area contributed by atoms with Crippen LogP contribution in [-0.4, -0.2) is 29.4 Å². The first kappa shape index (κ1) is 22.7. The zero-order valence-electron chi connectivity index (χ0n) is 18.4. The van der Waals surface area contributed by atoms with Crippen molar-refractivity contribution in [2.24, 2.45) is 0 Å². The smallest absolute Gasteiger partial charge is 0.322 e. The van der Waals surface area contributed by atoms with Crippen molar-refractivity contribution in [3.63, 3.8) is 0 Å². The first-order chi connectivity index (χ1) is 13.7. The van der Waals surface area contributed by atoms with Crippen LogP contribution in [0.3, 0.4) is 0 Å². The fourth-order valence-corrected chi connectivity index (χ4v) is 3.37. The van der Waals surface area contributed by atoms with E-state index in [9.17, 15) is 9.59 Å². The molecule has 1 saturated heterocycles. The number of allylic oxidation sites excluding steroid dienone is 4. The molecule has 1 aromatic rings. The van der Waals surface area contributed by atoms with Gasteiger partial charge in [-0.2, -0.15) is 0 Å². The molecule has 5 nitrogen and oxygen atoms in total. The van der Waals surface area contributed by atoms with Crippen molar-refractivity contribution in [1.29, 1.82) is 0 Å². The molecule has 0 spiro atoms. The molecular formula is C24H35N3O2. The Morgan fingerprint density at radius 1 is 1.24 bits per heavy atom. The Kier molecular flexibility index (Phi) is 8.06. The lowest BCUT2D eigenvalue weighted by Gasteiger charge is -2.30. The number of urea groups is 1. The molecule has 1 aliphatic rings. The molecule has 1 aromatic carbocycles. The van der Waals surface area contributed by atoms with Gasteiger partial charge in [0.1, 0.15) is 6.04 Å². The van der Waals surface area contributed by atoms with Crippen LogP contribution >= 0.6 is 0 Å². The number of benzene rings is 1. The second-order valence-electron chi connectivity index (χ2n) is 8.68. The predicted octanol–water partition coefficient (Wildman–Crippen LogP) is 4.64. The van der Waals surface area contributed by atoms with Gasteiger partial charge in [0.2, 0.25) is 5.91 Å². The molecule has 1 fully saturated rings. The van der Waals surface area contributed by atoms with E-state index in [0.717, 1.165) is 24.1 Å². The third-order valence-corrected chi connectivity index (χ3v) is 5.16. The summed E-state index contributed by atoms with van der Waals surface area (Å²) < 4.78 is 0. The summed E-state index contributed by atoms with van der Waals surface area (Å²) in [6.45, 7) is 11.4. The summed E-state index contributed by atoms with van der Waals surface area (Å²) in [7, 11) is 0. The maximum atomic E-state index is 13.1. The van der Waals surface area contributed by atoms with Gasteiger partial charge >= 0.3 is 6.03 Å². The molecular weight excluding hydrogens is 362 g/mol. The van der Waals surface area contributed by atoms with Crippen LogP contribution in [0, 0.1) is 0 Å². The number of carbonyl (C=O) groups is 2. The molecule has 2 rings (SSSR count). The van der Waals surface area contributed by atoms with E-state index in [1.165, 1.54) is 5.56 Å². The molecule has 0 aromatic heterocycles. The second-order valence-corrected chi connectivity index (χ2v) is 8.68. The minimum Gasteiger partial charge on any atom is -0.354 e. The summed E-state index contributed by atoms with van der Waals surface area (Å²) in [4.78, 5) is 27.4. The van der Waals surface area contributed by atoms with E-state index in [0.29, 0.717) is 19.5 Å². The highest BCUT2D eigenvalue weighted by Crippen LogP contribution is 2.23. The van der Waals surface area contributed by atoms with Crippen LogP contribution in [0.5, 0.6) is 0 Å². The molecule has 29 heavy (non-hydrogen) atoms. The van der Waals surface area contributed by atoms with Crippen LogP contribution in [0.15, 0.2) is 48.2 Å². The van der Waals surface area contributed by atoms with Crippen molar-refractivity contribution in [3.8, 4) is 0 Å². The summed E-state index contributed by atoms with van der Waals surface area (Å²) >= 11 is 0. The maximum absolute atomic E-state index is 13.1. The summed E-state index contributed by atoms with van der Waals surface area (Å²) in [6.07, 6.45) is 8.17. The Labute approximate surface area is 175 Å². The van der Waals surface area contributed by atoms with Crippen LogP contribution in [0.1, 0.15) is 65.0 Å². The third kappa shape index (κ3) is 6.77. The number of carbonyl (C=O) groups excluding carboxylic acids is 2. The summed E-state index contributed by atoms with van der Waals surface area (Å²) in [5.41, 5.74) is 3.08. The zero-order chi connectivity index (χ0) is 21.4. The van der Waals surface area contributed by atoms with E-state index < -0.39 is 6.04 Å². The number of rotatable bonds is 5. The van der Waals surface area contributed by atoms with Crippen molar-refractivity contribution in [3.05, 3.63) is 59.3 Å². The number of amides is 3. The Morgan fingerprint density at radius 2 is 1.93 bits per heavy atom. The molecule has 0 bridgehead atoms. The van der Waals surface area contributed by atoms with Gasteiger partial charge in [0, 0.05) is 18.8 Å². The average molecular weight is 398 g/mol. The Hall–Kier alpha value is -2.56.